The molecule has 0 aromatic heterocycles. The minimum Gasteiger partial charge on any atom is -0.382 e. The van der Waals surface area contributed by atoms with E-state index in [4.69, 9.17) is 0 Å². The van der Waals surface area contributed by atoms with Crippen molar-refractivity contribution < 1.29 is 4.79 Å². The summed E-state index contributed by atoms with van der Waals surface area (Å²) in [5, 5.41) is 9.89. The number of para-hydroxylation sites is 1. The van der Waals surface area contributed by atoms with Crippen molar-refractivity contribution in [3.05, 3.63) is 23.8 Å². The summed E-state index contributed by atoms with van der Waals surface area (Å²) >= 11 is 0. The second kappa shape index (κ2) is 6.16. The van der Waals surface area contributed by atoms with Crippen molar-refractivity contribution in [3.63, 3.8) is 0 Å². The van der Waals surface area contributed by atoms with E-state index in [1.165, 1.54) is 0 Å². The van der Waals surface area contributed by atoms with Gasteiger partial charge in [-0.3, -0.25) is 4.79 Å². The molecule has 0 saturated carbocycles. The zero-order valence-electron chi connectivity index (χ0n) is 12.7. The Balaban J connectivity index is 2.25. The highest BCUT2D eigenvalue weighted by Crippen LogP contribution is 2.29. The van der Waals surface area contributed by atoms with Crippen LogP contribution in [0.5, 0.6) is 0 Å². The average molecular weight is 275 g/mol. The highest BCUT2D eigenvalue weighted by atomic mass is 16.1. The molecular weight excluding hydrogens is 250 g/mol. The molecule has 0 fully saturated rings. The highest BCUT2D eigenvalue weighted by Gasteiger charge is 2.27. The van der Waals surface area contributed by atoms with Crippen molar-refractivity contribution in [2.45, 2.75) is 45.6 Å². The second-order valence-corrected chi connectivity index (χ2v) is 5.38. The third kappa shape index (κ3) is 2.74. The maximum atomic E-state index is 12.6. The van der Waals surface area contributed by atoms with Gasteiger partial charge in [0, 0.05) is 18.6 Å². The standard InChI is InChI=1S/C16H25N3O/c1-4-16(5-2,6-3)19-15(20)12-8-7-9-13-14(12)18-11-10-17-13/h7-9,17-18H,4-6,10-11H2,1-3H3,(H,19,20). The van der Waals surface area contributed by atoms with Crippen molar-refractivity contribution in [1.82, 2.24) is 5.32 Å². The van der Waals surface area contributed by atoms with Gasteiger partial charge in [0.25, 0.3) is 5.91 Å². The Morgan fingerprint density at radius 1 is 1.15 bits per heavy atom. The minimum absolute atomic E-state index is 0.0172. The van der Waals surface area contributed by atoms with Crippen LogP contribution in [0.15, 0.2) is 18.2 Å². The van der Waals surface area contributed by atoms with Crippen molar-refractivity contribution in [3.8, 4) is 0 Å². The number of nitrogens with one attached hydrogen (secondary N) is 3. The molecule has 0 spiro atoms. The number of hydrogen-bond acceptors (Lipinski definition) is 3. The summed E-state index contributed by atoms with van der Waals surface area (Å²) in [6.07, 6.45) is 2.85. The van der Waals surface area contributed by atoms with E-state index in [0.29, 0.717) is 0 Å². The monoisotopic (exact) mass is 275 g/mol. The van der Waals surface area contributed by atoms with Gasteiger partial charge in [-0.2, -0.15) is 0 Å². The summed E-state index contributed by atoms with van der Waals surface area (Å²) < 4.78 is 0. The first-order valence-electron chi connectivity index (χ1n) is 7.59. The van der Waals surface area contributed by atoms with E-state index in [1.807, 2.05) is 18.2 Å². The molecule has 4 heteroatoms. The SMILES string of the molecule is CCC(CC)(CC)NC(=O)c1cccc2c1NCCN2. The van der Waals surface area contributed by atoms with Gasteiger partial charge < -0.3 is 16.0 Å². The first kappa shape index (κ1) is 14.7. The van der Waals surface area contributed by atoms with E-state index in [0.717, 1.165) is 49.3 Å². The van der Waals surface area contributed by atoms with Gasteiger partial charge >= 0.3 is 0 Å². The topological polar surface area (TPSA) is 53.2 Å². The first-order chi connectivity index (χ1) is 9.65. The van der Waals surface area contributed by atoms with Gasteiger partial charge in [0.15, 0.2) is 0 Å². The Hall–Kier alpha value is -1.71. The Morgan fingerprint density at radius 3 is 2.45 bits per heavy atom. The van der Waals surface area contributed by atoms with Crippen molar-refractivity contribution in [2.24, 2.45) is 0 Å². The van der Waals surface area contributed by atoms with Gasteiger partial charge in [0.2, 0.25) is 0 Å². The quantitative estimate of drug-likeness (QED) is 0.773. The molecule has 4 nitrogen and oxygen atoms in total. The number of hydrogen-bond donors (Lipinski definition) is 3. The molecule has 0 aliphatic carbocycles. The van der Waals surface area contributed by atoms with Crippen LogP contribution in [0.4, 0.5) is 11.4 Å². The third-order valence-electron chi connectivity index (χ3n) is 4.46. The Bertz CT molecular complexity index is 472. The molecule has 20 heavy (non-hydrogen) atoms. The molecule has 3 N–H and O–H groups in total. The normalized spacial score (nSPS) is 13.9. The second-order valence-electron chi connectivity index (χ2n) is 5.38. The lowest BCUT2D eigenvalue weighted by Crippen LogP contribution is -2.47. The molecule has 1 heterocycles. The molecule has 1 amide bonds. The molecule has 0 radical (unpaired) electrons. The molecule has 0 saturated heterocycles. The van der Waals surface area contributed by atoms with E-state index in [-0.39, 0.29) is 11.4 Å². The van der Waals surface area contributed by atoms with Crippen LogP contribution in [0.2, 0.25) is 0 Å². The summed E-state index contributed by atoms with van der Waals surface area (Å²) in [7, 11) is 0. The van der Waals surface area contributed by atoms with Gasteiger partial charge in [-0.1, -0.05) is 26.8 Å². The fourth-order valence-corrected chi connectivity index (χ4v) is 2.79. The summed E-state index contributed by atoms with van der Waals surface area (Å²) in [5.74, 6) is 0.0172. The minimum atomic E-state index is -0.0953. The number of amides is 1. The largest absolute Gasteiger partial charge is 0.382 e. The van der Waals surface area contributed by atoms with Crippen LogP contribution >= 0.6 is 0 Å². The predicted molar refractivity (Wildman–Crippen MR) is 84.5 cm³/mol. The van der Waals surface area contributed by atoms with E-state index >= 15 is 0 Å². The Kier molecular flexibility index (Phi) is 4.53. The average Bonchev–Trinajstić information content (AvgIpc) is 2.52. The van der Waals surface area contributed by atoms with Gasteiger partial charge in [-0.25, -0.2) is 0 Å². The molecule has 1 aliphatic heterocycles. The molecule has 110 valence electrons. The summed E-state index contributed by atoms with van der Waals surface area (Å²) in [4.78, 5) is 12.6. The van der Waals surface area contributed by atoms with Gasteiger partial charge in [-0.05, 0) is 31.4 Å². The van der Waals surface area contributed by atoms with Crippen LogP contribution in [0.1, 0.15) is 50.4 Å². The fourth-order valence-electron chi connectivity index (χ4n) is 2.79. The van der Waals surface area contributed by atoms with Gasteiger partial charge in [0.05, 0.1) is 16.9 Å². The van der Waals surface area contributed by atoms with E-state index in [1.54, 1.807) is 0 Å². The van der Waals surface area contributed by atoms with Crippen LogP contribution in [0, 0.1) is 0 Å². The van der Waals surface area contributed by atoms with Crippen LogP contribution in [0.3, 0.4) is 0 Å². The Morgan fingerprint density at radius 2 is 1.80 bits per heavy atom. The first-order valence-corrected chi connectivity index (χ1v) is 7.59. The maximum Gasteiger partial charge on any atom is 0.253 e. The summed E-state index contributed by atoms with van der Waals surface area (Å²) in [5.41, 5.74) is 2.57. The molecule has 0 atom stereocenters. The zero-order chi connectivity index (χ0) is 14.6. The fraction of sp³-hybridized carbons (Fsp3) is 0.562. The van der Waals surface area contributed by atoms with Crippen molar-refractivity contribution in [2.75, 3.05) is 23.7 Å². The molecule has 1 aliphatic rings. The van der Waals surface area contributed by atoms with E-state index in [2.05, 4.69) is 36.7 Å². The maximum absolute atomic E-state index is 12.6. The number of anilines is 2. The zero-order valence-corrected chi connectivity index (χ0v) is 12.7. The lowest BCUT2D eigenvalue weighted by molar-refractivity contribution is 0.0889. The predicted octanol–water partition coefficient (Wildman–Crippen LogP) is 3.22. The number of rotatable bonds is 5. The summed E-state index contributed by atoms with van der Waals surface area (Å²) in [6, 6.07) is 5.82. The molecule has 1 aromatic carbocycles. The number of carbonyl (C=O) groups is 1. The van der Waals surface area contributed by atoms with Crippen molar-refractivity contribution in [1.29, 1.82) is 0 Å². The summed E-state index contributed by atoms with van der Waals surface area (Å²) in [6.45, 7) is 8.13. The number of carbonyl (C=O) groups excluding carboxylic acids is 1. The number of benzene rings is 1. The third-order valence-corrected chi connectivity index (χ3v) is 4.46. The highest BCUT2D eigenvalue weighted by molar-refractivity contribution is 6.03. The molecule has 0 bridgehead atoms. The van der Waals surface area contributed by atoms with E-state index < -0.39 is 0 Å². The van der Waals surface area contributed by atoms with Crippen LogP contribution < -0.4 is 16.0 Å². The van der Waals surface area contributed by atoms with Crippen LogP contribution in [-0.2, 0) is 0 Å². The number of fused-ring (bicyclic) bond motifs is 1. The van der Waals surface area contributed by atoms with Crippen LogP contribution in [-0.4, -0.2) is 24.5 Å². The van der Waals surface area contributed by atoms with Crippen molar-refractivity contribution >= 4 is 17.3 Å². The van der Waals surface area contributed by atoms with Gasteiger partial charge in [-0.15, -0.1) is 0 Å². The molecular formula is C16H25N3O. The lowest BCUT2D eigenvalue weighted by atomic mass is 9.89. The molecule has 1 aromatic rings. The van der Waals surface area contributed by atoms with Gasteiger partial charge in [0.1, 0.15) is 0 Å². The smallest absolute Gasteiger partial charge is 0.253 e. The molecule has 0 unspecified atom stereocenters. The molecule has 2 rings (SSSR count). The van der Waals surface area contributed by atoms with Crippen LogP contribution in [0.25, 0.3) is 0 Å². The van der Waals surface area contributed by atoms with E-state index in [9.17, 15) is 4.79 Å². The Labute approximate surface area is 121 Å². The lowest BCUT2D eigenvalue weighted by Gasteiger charge is -2.32.